The van der Waals surface area contributed by atoms with E-state index in [1.165, 1.54) is 23.8 Å². The Hall–Kier alpha value is -1.75. The van der Waals surface area contributed by atoms with E-state index in [1.54, 1.807) is 0 Å². The molecule has 0 saturated heterocycles. The molecule has 1 amide bonds. The van der Waals surface area contributed by atoms with Crippen molar-refractivity contribution in [3.8, 4) is 0 Å². The molecule has 4 nitrogen and oxygen atoms in total. The van der Waals surface area contributed by atoms with Gasteiger partial charge in [0.05, 0.1) is 0 Å². The molecule has 0 aliphatic heterocycles. The van der Waals surface area contributed by atoms with Crippen molar-refractivity contribution in [1.29, 1.82) is 0 Å². The second-order valence-electron chi connectivity index (χ2n) is 4.00. The normalized spacial score (nSPS) is 12.1. The summed E-state index contributed by atoms with van der Waals surface area (Å²) in [4.78, 5) is 11.0. The van der Waals surface area contributed by atoms with Crippen LogP contribution in [-0.2, 0) is 4.79 Å². The van der Waals surface area contributed by atoms with Crippen LogP contribution in [0.3, 0.4) is 0 Å². The van der Waals surface area contributed by atoms with Crippen LogP contribution in [0, 0.1) is 0 Å². The summed E-state index contributed by atoms with van der Waals surface area (Å²) < 4.78 is 0. The Balaban J connectivity index is 2.23. The number of carbonyl (C=O) groups is 1. The van der Waals surface area contributed by atoms with E-state index in [4.69, 9.17) is 0 Å². The number of carbonyl (C=O) groups excluding carboxylic acids is 1. The van der Waals surface area contributed by atoms with Gasteiger partial charge in [0.25, 0.3) is 0 Å². The summed E-state index contributed by atoms with van der Waals surface area (Å²) in [5.41, 5.74) is 1.23. The summed E-state index contributed by atoms with van der Waals surface area (Å²) in [6, 6.07) is 10.2. The molecule has 5 heteroatoms. The Morgan fingerprint density at radius 3 is 2.67 bits per heavy atom. The number of hydrogen-bond donors (Lipinski definition) is 1. The average molecular weight is 261 g/mol. The minimum Gasteiger partial charge on any atom is -0.301 e. The molecule has 0 radical (unpaired) electrons. The molecule has 1 N–H and O–H groups in total. The highest BCUT2D eigenvalue weighted by atomic mass is 32.1. The number of nitrogens with zero attached hydrogens (tertiary/aromatic N) is 2. The van der Waals surface area contributed by atoms with Gasteiger partial charge in [0.1, 0.15) is 5.01 Å². The second-order valence-corrected chi connectivity index (χ2v) is 5.01. The summed E-state index contributed by atoms with van der Waals surface area (Å²) in [6.07, 6.45) is 0.957. The Bertz CT molecular complexity index is 524. The monoisotopic (exact) mass is 261 g/mol. The SMILES string of the molecule is CC[C@@H](c1ccccc1)c1nnc(NC(C)=O)s1. The van der Waals surface area contributed by atoms with E-state index < -0.39 is 0 Å². The molecule has 18 heavy (non-hydrogen) atoms. The maximum atomic E-state index is 11.0. The van der Waals surface area contributed by atoms with Gasteiger partial charge >= 0.3 is 0 Å². The lowest BCUT2D eigenvalue weighted by molar-refractivity contribution is -0.114. The van der Waals surface area contributed by atoms with Gasteiger partial charge in [-0.2, -0.15) is 0 Å². The molecule has 0 bridgehead atoms. The van der Waals surface area contributed by atoms with Gasteiger partial charge in [0, 0.05) is 12.8 Å². The van der Waals surface area contributed by atoms with E-state index in [-0.39, 0.29) is 11.8 Å². The molecule has 0 spiro atoms. The lowest BCUT2D eigenvalue weighted by atomic mass is 9.97. The molecule has 0 saturated carbocycles. The first kappa shape index (κ1) is 12.7. The first-order valence-corrected chi connectivity index (χ1v) is 6.68. The lowest BCUT2D eigenvalue weighted by Crippen LogP contribution is -2.04. The molecular formula is C13H15N3OS. The topological polar surface area (TPSA) is 54.9 Å². The van der Waals surface area contributed by atoms with Crippen LogP contribution in [0.5, 0.6) is 0 Å². The Labute approximate surface area is 110 Å². The lowest BCUT2D eigenvalue weighted by Gasteiger charge is -2.10. The number of aromatic nitrogens is 2. The van der Waals surface area contributed by atoms with Crippen LogP contribution in [0.15, 0.2) is 30.3 Å². The van der Waals surface area contributed by atoms with Gasteiger partial charge in [-0.25, -0.2) is 0 Å². The fraction of sp³-hybridized carbons (Fsp3) is 0.308. The number of anilines is 1. The molecule has 1 aromatic heterocycles. The zero-order valence-electron chi connectivity index (χ0n) is 10.4. The molecule has 0 fully saturated rings. The van der Waals surface area contributed by atoms with Gasteiger partial charge in [-0.05, 0) is 12.0 Å². The molecule has 0 aliphatic carbocycles. The third kappa shape index (κ3) is 2.92. The highest BCUT2D eigenvalue weighted by molar-refractivity contribution is 7.15. The maximum absolute atomic E-state index is 11.0. The fourth-order valence-corrected chi connectivity index (χ4v) is 2.82. The van der Waals surface area contributed by atoms with E-state index in [0.29, 0.717) is 5.13 Å². The van der Waals surface area contributed by atoms with Crippen LogP contribution >= 0.6 is 11.3 Å². The van der Waals surface area contributed by atoms with E-state index in [1.807, 2.05) is 18.2 Å². The summed E-state index contributed by atoms with van der Waals surface area (Å²) in [5.74, 6) is 0.122. The van der Waals surface area contributed by atoms with Crippen molar-refractivity contribution >= 4 is 22.4 Å². The van der Waals surface area contributed by atoms with E-state index in [2.05, 4.69) is 34.6 Å². The van der Waals surface area contributed by atoms with Crippen molar-refractivity contribution < 1.29 is 4.79 Å². The van der Waals surface area contributed by atoms with Gasteiger partial charge in [-0.1, -0.05) is 48.6 Å². The highest BCUT2D eigenvalue weighted by Crippen LogP contribution is 2.31. The minimum absolute atomic E-state index is 0.120. The third-order valence-electron chi connectivity index (χ3n) is 2.63. The largest absolute Gasteiger partial charge is 0.301 e. The number of benzene rings is 1. The van der Waals surface area contributed by atoms with Crippen molar-refractivity contribution in [2.45, 2.75) is 26.2 Å². The molecule has 2 rings (SSSR count). The molecule has 0 unspecified atom stereocenters. The van der Waals surface area contributed by atoms with Gasteiger partial charge in [0.2, 0.25) is 11.0 Å². The van der Waals surface area contributed by atoms with Crippen molar-refractivity contribution in [2.75, 3.05) is 5.32 Å². The molecule has 2 aromatic rings. The molecule has 1 aromatic carbocycles. The van der Waals surface area contributed by atoms with Crippen molar-refractivity contribution in [1.82, 2.24) is 10.2 Å². The fourth-order valence-electron chi connectivity index (χ4n) is 1.81. The summed E-state index contributed by atoms with van der Waals surface area (Å²) in [7, 11) is 0. The first-order chi connectivity index (χ1) is 8.70. The first-order valence-electron chi connectivity index (χ1n) is 5.86. The van der Waals surface area contributed by atoms with E-state index >= 15 is 0 Å². The Morgan fingerprint density at radius 1 is 1.33 bits per heavy atom. The number of rotatable bonds is 4. The van der Waals surface area contributed by atoms with Crippen molar-refractivity contribution in [3.05, 3.63) is 40.9 Å². The predicted octanol–water partition coefficient (Wildman–Crippen LogP) is 3.04. The average Bonchev–Trinajstić information content (AvgIpc) is 2.79. The molecule has 0 aliphatic rings. The van der Waals surface area contributed by atoms with Crippen molar-refractivity contribution in [3.63, 3.8) is 0 Å². The third-order valence-corrected chi connectivity index (χ3v) is 3.58. The van der Waals surface area contributed by atoms with E-state index in [9.17, 15) is 4.79 Å². The van der Waals surface area contributed by atoms with Crippen LogP contribution in [0.4, 0.5) is 5.13 Å². The number of hydrogen-bond acceptors (Lipinski definition) is 4. The van der Waals surface area contributed by atoms with Gasteiger partial charge in [-0.3, -0.25) is 4.79 Å². The van der Waals surface area contributed by atoms with Gasteiger partial charge in [-0.15, -0.1) is 10.2 Å². The second kappa shape index (κ2) is 5.73. The number of amides is 1. The number of nitrogens with one attached hydrogen (secondary N) is 1. The Kier molecular flexibility index (Phi) is 4.04. The zero-order chi connectivity index (χ0) is 13.0. The summed E-state index contributed by atoms with van der Waals surface area (Å²) >= 11 is 1.43. The molecule has 1 heterocycles. The quantitative estimate of drug-likeness (QED) is 0.920. The highest BCUT2D eigenvalue weighted by Gasteiger charge is 2.17. The molecule has 94 valence electrons. The van der Waals surface area contributed by atoms with E-state index in [0.717, 1.165) is 11.4 Å². The van der Waals surface area contributed by atoms with Crippen LogP contribution in [-0.4, -0.2) is 16.1 Å². The molecule has 1 atom stereocenters. The standard InChI is InChI=1S/C13H15N3OS/c1-3-11(10-7-5-4-6-8-10)12-15-16-13(18-12)14-9(2)17/h4-8,11H,3H2,1-2H3,(H,14,16,17)/t11-/m0/s1. The van der Waals surface area contributed by atoms with Crippen LogP contribution in [0.25, 0.3) is 0 Å². The summed E-state index contributed by atoms with van der Waals surface area (Å²) in [6.45, 7) is 3.59. The van der Waals surface area contributed by atoms with Gasteiger partial charge in [0.15, 0.2) is 0 Å². The van der Waals surface area contributed by atoms with Crippen LogP contribution < -0.4 is 5.32 Å². The summed E-state index contributed by atoms with van der Waals surface area (Å²) in [5, 5.41) is 12.3. The van der Waals surface area contributed by atoms with Crippen LogP contribution in [0.2, 0.25) is 0 Å². The predicted molar refractivity (Wildman–Crippen MR) is 72.8 cm³/mol. The minimum atomic E-state index is -0.120. The van der Waals surface area contributed by atoms with Crippen LogP contribution in [0.1, 0.15) is 36.8 Å². The van der Waals surface area contributed by atoms with Gasteiger partial charge < -0.3 is 5.32 Å². The van der Waals surface area contributed by atoms with Crippen molar-refractivity contribution in [2.24, 2.45) is 0 Å². The maximum Gasteiger partial charge on any atom is 0.223 e. The Morgan fingerprint density at radius 2 is 2.06 bits per heavy atom. The molecular weight excluding hydrogens is 246 g/mol. The zero-order valence-corrected chi connectivity index (χ0v) is 11.2. The smallest absolute Gasteiger partial charge is 0.223 e.